The summed E-state index contributed by atoms with van der Waals surface area (Å²) in [5.41, 5.74) is 7.11. The van der Waals surface area contributed by atoms with Gasteiger partial charge in [-0.2, -0.15) is 0 Å². The zero-order chi connectivity index (χ0) is 13.3. The van der Waals surface area contributed by atoms with E-state index in [4.69, 9.17) is 5.73 Å². The molecule has 1 aromatic carbocycles. The Kier molecular flexibility index (Phi) is 4.09. The third kappa shape index (κ3) is 2.93. The number of halogens is 2. The monoisotopic (exact) mass is 388 g/mol. The molecule has 1 amide bonds. The van der Waals surface area contributed by atoms with Crippen LogP contribution < -0.4 is 11.1 Å². The number of carbonyl (C=O) groups excluding carboxylic acids is 1. The smallest absolute Gasteiger partial charge is 0.265 e. The first-order valence-corrected chi connectivity index (χ1v) is 7.50. The molecule has 0 aliphatic heterocycles. The van der Waals surface area contributed by atoms with Gasteiger partial charge in [0.25, 0.3) is 5.91 Å². The van der Waals surface area contributed by atoms with Gasteiger partial charge in [-0.1, -0.05) is 15.9 Å². The first-order chi connectivity index (χ1) is 8.47. The fourth-order valence-electron chi connectivity index (χ4n) is 1.39. The number of carbonyl (C=O) groups is 1. The number of anilines is 2. The van der Waals surface area contributed by atoms with Crippen LogP contribution in [-0.4, -0.2) is 5.91 Å². The topological polar surface area (TPSA) is 55.1 Å². The largest absolute Gasteiger partial charge is 0.398 e. The highest BCUT2D eigenvalue weighted by Gasteiger charge is 2.12. The second-order valence-electron chi connectivity index (χ2n) is 3.70. The summed E-state index contributed by atoms with van der Waals surface area (Å²) in [7, 11) is 0. The van der Waals surface area contributed by atoms with Gasteiger partial charge in [0.15, 0.2) is 0 Å². The second kappa shape index (κ2) is 5.42. The molecule has 3 nitrogen and oxygen atoms in total. The van der Waals surface area contributed by atoms with Crippen molar-refractivity contribution in [1.29, 1.82) is 0 Å². The molecule has 0 saturated carbocycles. The number of nitrogen functional groups attached to an aromatic ring is 1. The van der Waals surface area contributed by atoms with Crippen molar-refractivity contribution in [2.24, 2.45) is 0 Å². The van der Waals surface area contributed by atoms with Gasteiger partial charge in [0.05, 0.1) is 10.6 Å². The first-order valence-electron chi connectivity index (χ1n) is 5.09. The molecule has 18 heavy (non-hydrogen) atoms. The van der Waals surface area contributed by atoms with Gasteiger partial charge in [-0.25, -0.2) is 0 Å². The lowest BCUT2D eigenvalue weighted by Crippen LogP contribution is -2.10. The third-order valence-corrected chi connectivity index (χ3v) is 4.61. The van der Waals surface area contributed by atoms with Crippen LogP contribution in [0.1, 0.15) is 14.5 Å². The average Bonchev–Trinajstić information content (AvgIpc) is 2.64. The Morgan fingerprint density at radius 1 is 1.33 bits per heavy atom. The molecule has 0 bridgehead atoms. The van der Waals surface area contributed by atoms with Crippen LogP contribution in [0.3, 0.4) is 0 Å². The maximum Gasteiger partial charge on any atom is 0.265 e. The van der Waals surface area contributed by atoms with E-state index in [-0.39, 0.29) is 5.91 Å². The maximum absolute atomic E-state index is 12.1. The molecule has 6 heteroatoms. The standard InChI is InChI=1S/C12H10Br2N2OS/c1-6-9(15)5-11(18-6)12(17)16-10-4-7(13)2-3-8(10)14/h2-5H,15H2,1H3,(H,16,17). The molecular weight excluding hydrogens is 380 g/mol. The van der Waals surface area contributed by atoms with Gasteiger partial charge in [0.1, 0.15) is 0 Å². The lowest BCUT2D eigenvalue weighted by molar-refractivity contribution is 0.103. The molecule has 1 heterocycles. The molecule has 0 atom stereocenters. The predicted molar refractivity (Wildman–Crippen MR) is 83.3 cm³/mol. The molecule has 1 aromatic heterocycles. The number of thiophene rings is 1. The van der Waals surface area contributed by atoms with Crippen molar-refractivity contribution in [1.82, 2.24) is 0 Å². The molecule has 2 rings (SSSR count). The Morgan fingerprint density at radius 3 is 2.67 bits per heavy atom. The molecule has 0 unspecified atom stereocenters. The molecule has 0 spiro atoms. The number of nitrogens with one attached hydrogen (secondary N) is 1. The number of aryl methyl sites for hydroxylation is 1. The Labute approximate surface area is 126 Å². The van der Waals surface area contributed by atoms with Crippen LogP contribution in [0.4, 0.5) is 11.4 Å². The van der Waals surface area contributed by atoms with Gasteiger partial charge in [0, 0.05) is 19.5 Å². The van der Waals surface area contributed by atoms with Crippen LogP contribution in [0.2, 0.25) is 0 Å². The molecule has 0 aliphatic rings. The lowest BCUT2D eigenvalue weighted by atomic mass is 10.3. The van der Waals surface area contributed by atoms with Crippen molar-refractivity contribution < 1.29 is 4.79 Å². The van der Waals surface area contributed by atoms with Crippen LogP contribution in [-0.2, 0) is 0 Å². The molecular formula is C12H10Br2N2OS. The summed E-state index contributed by atoms with van der Waals surface area (Å²) in [6, 6.07) is 7.30. The number of amides is 1. The predicted octanol–water partition coefficient (Wildman–Crippen LogP) is 4.42. The van der Waals surface area contributed by atoms with Crippen molar-refractivity contribution in [3.8, 4) is 0 Å². The Morgan fingerprint density at radius 2 is 2.06 bits per heavy atom. The lowest BCUT2D eigenvalue weighted by Gasteiger charge is -2.06. The summed E-state index contributed by atoms with van der Waals surface area (Å²) in [6.07, 6.45) is 0. The van der Waals surface area contributed by atoms with Crippen LogP contribution in [0.15, 0.2) is 33.2 Å². The van der Waals surface area contributed by atoms with E-state index in [1.54, 1.807) is 6.07 Å². The molecule has 0 saturated heterocycles. The number of hydrogen-bond acceptors (Lipinski definition) is 3. The van der Waals surface area contributed by atoms with Crippen molar-refractivity contribution >= 4 is 60.5 Å². The van der Waals surface area contributed by atoms with E-state index >= 15 is 0 Å². The van der Waals surface area contributed by atoms with Gasteiger partial charge in [0.2, 0.25) is 0 Å². The van der Waals surface area contributed by atoms with Crippen molar-refractivity contribution in [2.45, 2.75) is 6.92 Å². The summed E-state index contributed by atoms with van der Waals surface area (Å²) in [5, 5.41) is 2.85. The third-order valence-electron chi connectivity index (χ3n) is 2.36. The minimum Gasteiger partial charge on any atom is -0.398 e. The quantitative estimate of drug-likeness (QED) is 0.798. The van der Waals surface area contributed by atoms with Crippen LogP contribution >= 0.6 is 43.2 Å². The number of nitrogens with two attached hydrogens (primary N) is 1. The minimum absolute atomic E-state index is 0.154. The zero-order valence-corrected chi connectivity index (χ0v) is 13.4. The SMILES string of the molecule is Cc1sc(C(=O)Nc2cc(Br)ccc2Br)cc1N. The van der Waals surface area contributed by atoms with Crippen LogP contribution in [0, 0.1) is 6.92 Å². The second-order valence-corrected chi connectivity index (χ2v) is 6.73. The minimum atomic E-state index is -0.154. The normalized spacial score (nSPS) is 10.4. The van der Waals surface area contributed by atoms with E-state index in [0.29, 0.717) is 10.6 Å². The molecule has 0 fully saturated rings. The molecule has 0 radical (unpaired) electrons. The molecule has 0 aliphatic carbocycles. The molecule has 94 valence electrons. The fraction of sp³-hybridized carbons (Fsp3) is 0.0833. The Balaban J connectivity index is 2.23. The number of benzene rings is 1. The highest BCUT2D eigenvalue weighted by Crippen LogP contribution is 2.28. The maximum atomic E-state index is 12.1. The van der Waals surface area contributed by atoms with Gasteiger partial charge in [-0.05, 0) is 47.1 Å². The van der Waals surface area contributed by atoms with Crippen molar-refractivity contribution in [2.75, 3.05) is 11.1 Å². The Hall–Kier alpha value is -0.850. The van der Waals surface area contributed by atoms with E-state index in [1.807, 2.05) is 25.1 Å². The van der Waals surface area contributed by atoms with E-state index in [0.717, 1.165) is 19.5 Å². The average molecular weight is 390 g/mol. The van der Waals surface area contributed by atoms with E-state index < -0.39 is 0 Å². The van der Waals surface area contributed by atoms with Gasteiger partial charge < -0.3 is 11.1 Å². The zero-order valence-electron chi connectivity index (χ0n) is 9.46. The van der Waals surface area contributed by atoms with Crippen molar-refractivity contribution in [3.05, 3.63) is 43.0 Å². The number of rotatable bonds is 2. The summed E-state index contributed by atoms with van der Waals surface area (Å²) in [5.74, 6) is -0.154. The van der Waals surface area contributed by atoms with Crippen LogP contribution in [0.25, 0.3) is 0 Å². The van der Waals surface area contributed by atoms with E-state index in [9.17, 15) is 4.79 Å². The van der Waals surface area contributed by atoms with E-state index in [2.05, 4.69) is 37.2 Å². The van der Waals surface area contributed by atoms with Gasteiger partial charge >= 0.3 is 0 Å². The summed E-state index contributed by atoms with van der Waals surface area (Å²) in [6.45, 7) is 1.89. The summed E-state index contributed by atoms with van der Waals surface area (Å²) < 4.78 is 1.74. The van der Waals surface area contributed by atoms with Crippen LogP contribution in [0.5, 0.6) is 0 Å². The van der Waals surface area contributed by atoms with Gasteiger partial charge in [-0.3, -0.25) is 4.79 Å². The Bertz CT molecular complexity index is 591. The fourth-order valence-corrected chi connectivity index (χ4v) is 2.93. The van der Waals surface area contributed by atoms with Crippen molar-refractivity contribution in [3.63, 3.8) is 0 Å². The summed E-state index contributed by atoms with van der Waals surface area (Å²) >= 11 is 8.15. The van der Waals surface area contributed by atoms with Gasteiger partial charge in [-0.15, -0.1) is 11.3 Å². The highest BCUT2D eigenvalue weighted by molar-refractivity contribution is 9.11. The highest BCUT2D eigenvalue weighted by atomic mass is 79.9. The first kappa shape index (κ1) is 13.6. The molecule has 2 aromatic rings. The number of hydrogen-bond donors (Lipinski definition) is 2. The molecule has 3 N–H and O–H groups in total. The van der Waals surface area contributed by atoms with E-state index in [1.165, 1.54) is 11.3 Å². The summed E-state index contributed by atoms with van der Waals surface area (Å²) in [4.78, 5) is 13.6.